The van der Waals surface area contributed by atoms with Crippen molar-refractivity contribution >= 4 is 11.7 Å². The number of furan rings is 1. The van der Waals surface area contributed by atoms with Crippen LogP contribution in [0.3, 0.4) is 0 Å². The standard InChI is InChI=1S/C27H34N2O6/c1-3-4-16-34-21-9-7-20(8-10-21)24-23(25(30)22-11-6-19(2)35-22)26(31)27(32)29(24)13-5-12-28-14-17-33-18-15-28/h6-11,24,31H,3-5,12-18H2,1-2H3. The summed E-state index contributed by atoms with van der Waals surface area (Å²) in [5, 5.41) is 10.8. The third-order valence-corrected chi connectivity index (χ3v) is 6.45. The van der Waals surface area contributed by atoms with Crippen LogP contribution in [0.1, 0.15) is 54.1 Å². The number of ketones is 1. The molecule has 1 atom stereocenters. The SMILES string of the molecule is CCCCOc1ccc(C2C(C(=O)c3ccc(C)o3)=C(O)C(=O)N2CCCN2CCOCC2)cc1. The number of amides is 1. The van der Waals surface area contributed by atoms with E-state index in [9.17, 15) is 14.7 Å². The predicted octanol–water partition coefficient (Wildman–Crippen LogP) is 4.07. The first-order chi connectivity index (χ1) is 17.0. The number of unbranched alkanes of at least 4 members (excludes halogenated alkanes) is 1. The fourth-order valence-electron chi connectivity index (χ4n) is 4.52. The monoisotopic (exact) mass is 482 g/mol. The molecule has 1 aromatic carbocycles. The molecule has 3 heterocycles. The number of carbonyl (C=O) groups is 2. The molecule has 8 nitrogen and oxygen atoms in total. The number of morpholine rings is 1. The first-order valence-electron chi connectivity index (χ1n) is 12.4. The Bertz CT molecular complexity index is 1050. The molecule has 1 fully saturated rings. The number of rotatable bonds is 11. The summed E-state index contributed by atoms with van der Waals surface area (Å²) in [4.78, 5) is 30.4. The molecule has 0 bridgehead atoms. The average Bonchev–Trinajstić information content (AvgIpc) is 3.41. The molecule has 188 valence electrons. The van der Waals surface area contributed by atoms with Crippen LogP contribution in [0.25, 0.3) is 0 Å². The first kappa shape index (κ1) is 25.0. The van der Waals surface area contributed by atoms with E-state index in [2.05, 4.69) is 11.8 Å². The van der Waals surface area contributed by atoms with Crippen molar-refractivity contribution in [2.24, 2.45) is 0 Å². The van der Waals surface area contributed by atoms with Gasteiger partial charge in [0.2, 0.25) is 5.78 Å². The number of hydrogen-bond acceptors (Lipinski definition) is 7. The smallest absolute Gasteiger partial charge is 0.290 e. The highest BCUT2D eigenvalue weighted by Crippen LogP contribution is 2.39. The summed E-state index contributed by atoms with van der Waals surface area (Å²) in [5.41, 5.74) is 0.790. The van der Waals surface area contributed by atoms with Gasteiger partial charge < -0.3 is 23.9 Å². The van der Waals surface area contributed by atoms with E-state index in [0.717, 1.165) is 50.2 Å². The topological polar surface area (TPSA) is 92.5 Å². The van der Waals surface area contributed by atoms with E-state index < -0.39 is 23.5 Å². The average molecular weight is 483 g/mol. The second-order valence-corrected chi connectivity index (χ2v) is 8.98. The van der Waals surface area contributed by atoms with E-state index in [1.54, 1.807) is 24.0 Å². The van der Waals surface area contributed by atoms with Crippen LogP contribution in [0.2, 0.25) is 0 Å². The molecular weight excluding hydrogens is 448 g/mol. The highest BCUT2D eigenvalue weighted by molar-refractivity contribution is 6.15. The largest absolute Gasteiger partial charge is 0.503 e. The Morgan fingerprint density at radius 1 is 1.09 bits per heavy atom. The van der Waals surface area contributed by atoms with Crippen molar-refractivity contribution in [2.45, 2.75) is 39.2 Å². The summed E-state index contributed by atoms with van der Waals surface area (Å²) in [6.07, 6.45) is 2.73. The lowest BCUT2D eigenvalue weighted by Crippen LogP contribution is -2.39. The second-order valence-electron chi connectivity index (χ2n) is 8.98. The van der Waals surface area contributed by atoms with E-state index in [1.807, 2.05) is 24.3 Å². The van der Waals surface area contributed by atoms with E-state index in [1.165, 1.54) is 0 Å². The normalized spacial score (nSPS) is 19.0. The lowest BCUT2D eigenvalue weighted by Gasteiger charge is -2.30. The summed E-state index contributed by atoms with van der Waals surface area (Å²) >= 11 is 0. The molecule has 0 aliphatic carbocycles. The molecule has 1 N–H and O–H groups in total. The summed E-state index contributed by atoms with van der Waals surface area (Å²) in [6, 6.07) is 9.96. The zero-order chi connectivity index (χ0) is 24.8. The highest BCUT2D eigenvalue weighted by atomic mass is 16.5. The van der Waals surface area contributed by atoms with E-state index in [-0.39, 0.29) is 11.3 Å². The molecule has 0 spiro atoms. The highest BCUT2D eigenvalue weighted by Gasteiger charge is 2.44. The van der Waals surface area contributed by atoms with Crippen LogP contribution in [0.4, 0.5) is 0 Å². The maximum atomic E-state index is 13.4. The Labute approximate surface area is 206 Å². The van der Waals surface area contributed by atoms with Gasteiger partial charge in [0.25, 0.3) is 5.91 Å². The second kappa shape index (κ2) is 11.6. The predicted molar refractivity (Wildman–Crippen MR) is 131 cm³/mol. The Morgan fingerprint density at radius 3 is 2.49 bits per heavy atom. The number of aliphatic hydroxyl groups excluding tert-OH is 1. The molecule has 0 radical (unpaired) electrons. The van der Waals surface area contributed by atoms with Gasteiger partial charge >= 0.3 is 0 Å². The molecular formula is C27H34N2O6. The van der Waals surface area contributed by atoms with Crippen molar-refractivity contribution in [1.82, 2.24) is 9.80 Å². The molecule has 1 amide bonds. The van der Waals surface area contributed by atoms with Crippen molar-refractivity contribution in [3.63, 3.8) is 0 Å². The summed E-state index contributed by atoms with van der Waals surface area (Å²) < 4.78 is 16.7. The van der Waals surface area contributed by atoms with Crippen molar-refractivity contribution in [3.8, 4) is 5.75 Å². The number of hydrogen-bond donors (Lipinski definition) is 1. The minimum absolute atomic E-state index is 0.0513. The molecule has 0 saturated carbocycles. The lowest BCUT2D eigenvalue weighted by atomic mass is 9.95. The summed E-state index contributed by atoms with van der Waals surface area (Å²) in [5.74, 6) is -0.0987. The van der Waals surface area contributed by atoms with Gasteiger partial charge in [-0.1, -0.05) is 25.5 Å². The third kappa shape index (κ3) is 5.77. The number of aryl methyl sites for hydroxylation is 1. The molecule has 2 aliphatic rings. The number of benzene rings is 1. The van der Waals surface area contributed by atoms with Gasteiger partial charge in [-0.25, -0.2) is 0 Å². The van der Waals surface area contributed by atoms with Crippen molar-refractivity contribution < 1.29 is 28.6 Å². The van der Waals surface area contributed by atoms with E-state index in [4.69, 9.17) is 13.9 Å². The van der Waals surface area contributed by atoms with Crippen LogP contribution in [0.5, 0.6) is 5.75 Å². The zero-order valence-corrected chi connectivity index (χ0v) is 20.5. The third-order valence-electron chi connectivity index (χ3n) is 6.45. The zero-order valence-electron chi connectivity index (χ0n) is 20.5. The first-order valence-corrected chi connectivity index (χ1v) is 12.4. The number of ether oxygens (including phenoxy) is 2. The number of Topliss-reactive ketones (excluding diaryl/α,β-unsaturated/α-hetero) is 1. The van der Waals surface area contributed by atoms with Gasteiger partial charge in [0.1, 0.15) is 11.5 Å². The van der Waals surface area contributed by atoms with Gasteiger partial charge in [-0.05, 0) is 49.6 Å². The molecule has 35 heavy (non-hydrogen) atoms. The maximum absolute atomic E-state index is 13.4. The quantitative estimate of drug-likeness (QED) is 0.381. The Hall–Kier alpha value is -3.10. The molecule has 1 unspecified atom stereocenters. The molecule has 1 saturated heterocycles. The van der Waals surface area contributed by atoms with Gasteiger partial charge in [-0.2, -0.15) is 0 Å². The lowest BCUT2D eigenvalue weighted by molar-refractivity contribution is -0.129. The maximum Gasteiger partial charge on any atom is 0.290 e. The summed E-state index contributed by atoms with van der Waals surface area (Å²) in [7, 11) is 0. The van der Waals surface area contributed by atoms with Crippen LogP contribution in [-0.2, 0) is 9.53 Å². The van der Waals surface area contributed by atoms with Gasteiger partial charge in [0, 0.05) is 26.2 Å². The van der Waals surface area contributed by atoms with Gasteiger partial charge in [-0.3, -0.25) is 14.5 Å². The van der Waals surface area contributed by atoms with Gasteiger partial charge in [-0.15, -0.1) is 0 Å². The van der Waals surface area contributed by atoms with Crippen LogP contribution in [0.15, 0.2) is 52.1 Å². The van der Waals surface area contributed by atoms with Crippen LogP contribution >= 0.6 is 0 Å². The fraction of sp³-hybridized carbons (Fsp3) is 0.481. The number of aliphatic hydroxyl groups is 1. The van der Waals surface area contributed by atoms with Crippen LogP contribution in [0, 0.1) is 6.92 Å². The van der Waals surface area contributed by atoms with Gasteiger partial charge in [0.05, 0.1) is 31.4 Å². The van der Waals surface area contributed by atoms with Crippen LogP contribution < -0.4 is 4.74 Å². The Morgan fingerprint density at radius 2 is 1.83 bits per heavy atom. The molecule has 8 heteroatoms. The molecule has 2 aliphatic heterocycles. The van der Waals surface area contributed by atoms with E-state index in [0.29, 0.717) is 32.1 Å². The van der Waals surface area contributed by atoms with Crippen LogP contribution in [-0.4, -0.2) is 72.6 Å². The van der Waals surface area contributed by atoms with Gasteiger partial charge in [0.15, 0.2) is 11.5 Å². The fourth-order valence-corrected chi connectivity index (χ4v) is 4.52. The minimum atomic E-state index is -0.699. The molecule has 1 aromatic heterocycles. The number of nitrogens with zero attached hydrogens (tertiary/aromatic N) is 2. The van der Waals surface area contributed by atoms with Crippen molar-refractivity contribution in [2.75, 3.05) is 46.0 Å². The molecule has 4 rings (SSSR count). The number of carbonyl (C=O) groups excluding carboxylic acids is 2. The Balaban J connectivity index is 1.57. The molecule has 2 aromatic rings. The Kier molecular flexibility index (Phi) is 8.25. The van der Waals surface area contributed by atoms with Crippen molar-refractivity contribution in [1.29, 1.82) is 0 Å². The van der Waals surface area contributed by atoms with Crippen molar-refractivity contribution in [3.05, 3.63) is 64.8 Å². The summed E-state index contributed by atoms with van der Waals surface area (Å²) in [6.45, 7) is 8.85. The van der Waals surface area contributed by atoms with E-state index >= 15 is 0 Å². The minimum Gasteiger partial charge on any atom is -0.503 e.